The molecule has 0 atom stereocenters. The largest absolute Gasteiger partial charge is 0.352 e. The molecule has 0 fully saturated rings. The average molecular weight is 339 g/mol. The number of amides is 3. The minimum Gasteiger partial charge on any atom is -0.352 e. The van der Waals surface area contributed by atoms with E-state index >= 15 is 0 Å². The van der Waals surface area contributed by atoms with Crippen molar-refractivity contribution < 1.29 is 9.59 Å². The number of hydrogen-bond donors (Lipinski definition) is 3. The Morgan fingerprint density at radius 3 is 2.12 bits per heavy atom. The first-order chi connectivity index (χ1) is 12.2. The molecular weight excluding hydrogens is 314 g/mol. The van der Waals surface area contributed by atoms with Gasteiger partial charge in [0.25, 0.3) is 0 Å². The van der Waals surface area contributed by atoms with Gasteiger partial charge in [0.2, 0.25) is 5.91 Å². The van der Waals surface area contributed by atoms with Crippen LogP contribution in [0.2, 0.25) is 0 Å². The lowest BCUT2D eigenvalue weighted by Crippen LogP contribution is -2.35. The minimum atomic E-state index is -0.164. The Balaban J connectivity index is 1.78. The first kappa shape index (κ1) is 18.5. The minimum absolute atomic E-state index is 0.00586. The van der Waals surface area contributed by atoms with Crippen molar-refractivity contribution in [3.63, 3.8) is 0 Å². The van der Waals surface area contributed by atoms with E-state index in [1.54, 1.807) is 0 Å². The summed E-state index contributed by atoms with van der Waals surface area (Å²) in [6.45, 7) is 3.61. The zero-order chi connectivity index (χ0) is 17.9. The van der Waals surface area contributed by atoms with Crippen LogP contribution in [0.15, 0.2) is 54.6 Å². The summed E-state index contributed by atoms with van der Waals surface area (Å²) in [7, 11) is 0. The maximum absolute atomic E-state index is 12.0. The summed E-state index contributed by atoms with van der Waals surface area (Å²) in [6.07, 6.45) is 1.28. The summed E-state index contributed by atoms with van der Waals surface area (Å²) < 4.78 is 0. The Morgan fingerprint density at radius 2 is 1.44 bits per heavy atom. The molecule has 0 aliphatic heterocycles. The first-order valence-electron chi connectivity index (χ1n) is 8.57. The van der Waals surface area contributed by atoms with Crippen LogP contribution in [-0.2, 0) is 24.3 Å². The molecule has 0 spiro atoms. The van der Waals surface area contributed by atoms with Gasteiger partial charge in [-0.15, -0.1) is 0 Å². The Hall–Kier alpha value is -2.82. The number of rotatable bonds is 8. The predicted molar refractivity (Wildman–Crippen MR) is 99.0 cm³/mol. The molecule has 0 unspecified atom stereocenters. The van der Waals surface area contributed by atoms with Gasteiger partial charge < -0.3 is 16.0 Å². The number of hydrogen-bond acceptors (Lipinski definition) is 2. The van der Waals surface area contributed by atoms with E-state index in [9.17, 15) is 9.59 Å². The second-order valence-corrected chi connectivity index (χ2v) is 5.87. The molecule has 3 N–H and O–H groups in total. The molecule has 0 aromatic heterocycles. The molecule has 0 heterocycles. The zero-order valence-corrected chi connectivity index (χ0v) is 14.5. The van der Waals surface area contributed by atoms with Crippen LogP contribution in [0.25, 0.3) is 0 Å². The SMILES string of the molecule is CCCNC(=O)NCc1cccc(CNC(=O)Cc2ccccc2)c1. The average Bonchev–Trinajstić information content (AvgIpc) is 2.64. The van der Waals surface area contributed by atoms with Crippen molar-refractivity contribution in [1.82, 2.24) is 16.0 Å². The molecule has 0 aliphatic rings. The first-order valence-corrected chi connectivity index (χ1v) is 8.57. The van der Waals surface area contributed by atoms with Crippen LogP contribution in [-0.4, -0.2) is 18.5 Å². The standard InChI is InChI=1S/C20H25N3O2/c1-2-11-21-20(25)23-15-18-10-6-9-17(12-18)14-22-19(24)13-16-7-4-3-5-8-16/h3-10,12H,2,11,13-15H2,1H3,(H,22,24)(H2,21,23,25). The van der Waals surface area contributed by atoms with E-state index in [1.807, 2.05) is 61.5 Å². The third-order valence-electron chi connectivity index (χ3n) is 3.68. The summed E-state index contributed by atoms with van der Waals surface area (Å²) in [6, 6.07) is 17.3. The van der Waals surface area contributed by atoms with Crippen LogP contribution < -0.4 is 16.0 Å². The number of carbonyl (C=O) groups is 2. The van der Waals surface area contributed by atoms with Crippen LogP contribution in [0.4, 0.5) is 4.79 Å². The second-order valence-electron chi connectivity index (χ2n) is 5.87. The van der Waals surface area contributed by atoms with Gasteiger partial charge in [-0.2, -0.15) is 0 Å². The monoisotopic (exact) mass is 339 g/mol. The highest BCUT2D eigenvalue weighted by atomic mass is 16.2. The van der Waals surface area contributed by atoms with E-state index in [-0.39, 0.29) is 11.9 Å². The molecule has 0 bridgehead atoms. The van der Waals surface area contributed by atoms with Gasteiger partial charge in [0.05, 0.1) is 6.42 Å². The maximum Gasteiger partial charge on any atom is 0.315 e. The Morgan fingerprint density at radius 1 is 0.800 bits per heavy atom. The molecule has 3 amide bonds. The number of carbonyl (C=O) groups excluding carboxylic acids is 2. The molecule has 25 heavy (non-hydrogen) atoms. The van der Waals surface area contributed by atoms with E-state index in [0.717, 1.165) is 23.1 Å². The molecule has 5 nitrogen and oxygen atoms in total. The van der Waals surface area contributed by atoms with Gasteiger partial charge in [0.1, 0.15) is 0 Å². The van der Waals surface area contributed by atoms with E-state index in [2.05, 4.69) is 16.0 Å². The highest BCUT2D eigenvalue weighted by Crippen LogP contribution is 2.06. The molecular formula is C20H25N3O2. The third-order valence-corrected chi connectivity index (χ3v) is 3.68. The summed E-state index contributed by atoms with van der Waals surface area (Å²) in [4.78, 5) is 23.6. The third kappa shape index (κ3) is 7.08. The molecule has 132 valence electrons. The fourth-order valence-electron chi connectivity index (χ4n) is 2.38. The highest BCUT2D eigenvalue weighted by molar-refractivity contribution is 5.78. The number of urea groups is 1. The van der Waals surface area contributed by atoms with Crippen molar-refractivity contribution in [1.29, 1.82) is 0 Å². The van der Waals surface area contributed by atoms with Gasteiger partial charge in [-0.1, -0.05) is 61.5 Å². The summed E-state index contributed by atoms with van der Waals surface area (Å²) in [5.41, 5.74) is 3.01. The van der Waals surface area contributed by atoms with E-state index in [0.29, 0.717) is 26.1 Å². The van der Waals surface area contributed by atoms with Gasteiger partial charge >= 0.3 is 6.03 Å². The topological polar surface area (TPSA) is 70.2 Å². The zero-order valence-electron chi connectivity index (χ0n) is 14.5. The lowest BCUT2D eigenvalue weighted by Gasteiger charge is -2.09. The fourth-order valence-corrected chi connectivity index (χ4v) is 2.38. The predicted octanol–water partition coefficient (Wildman–Crippen LogP) is 2.75. The lowest BCUT2D eigenvalue weighted by atomic mass is 10.1. The van der Waals surface area contributed by atoms with E-state index in [4.69, 9.17) is 0 Å². The fraction of sp³-hybridized carbons (Fsp3) is 0.300. The number of benzene rings is 2. The van der Waals surface area contributed by atoms with Crippen molar-refractivity contribution >= 4 is 11.9 Å². The molecule has 0 aliphatic carbocycles. The lowest BCUT2D eigenvalue weighted by molar-refractivity contribution is -0.120. The second kappa shape index (κ2) is 10.1. The van der Waals surface area contributed by atoms with Crippen molar-refractivity contribution in [3.05, 3.63) is 71.3 Å². The van der Waals surface area contributed by atoms with Gasteiger partial charge in [-0.05, 0) is 23.1 Å². The van der Waals surface area contributed by atoms with Gasteiger partial charge in [-0.25, -0.2) is 4.79 Å². The Kier molecular flexibility index (Phi) is 7.50. The quantitative estimate of drug-likeness (QED) is 0.692. The van der Waals surface area contributed by atoms with Crippen molar-refractivity contribution in [2.24, 2.45) is 0 Å². The van der Waals surface area contributed by atoms with E-state index in [1.165, 1.54) is 0 Å². The smallest absolute Gasteiger partial charge is 0.315 e. The van der Waals surface area contributed by atoms with Crippen LogP contribution in [0, 0.1) is 0 Å². The van der Waals surface area contributed by atoms with Crippen molar-refractivity contribution in [2.45, 2.75) is 32.9 Å². The normalized spacial score (nSPS) is 10.1. The van der Waals surface area contributed by atoms with Crippen LogP contribution in [0.5, 0.6) is 0 Å². The van der Waals surface area contributed by atoms with Crippen LogP contribution in [0.3, 0.4) is 0 Å². The van der Waals surface area contributed by atoms with Crippen molar-refractivity contribution in [3.8, 4) is 0 Å². The Labute approximate surface area is 148 Å². The molecule has 2 aromatic carbocycles. The molecule has 0 saturated heterocycles. The van der Waals surface area contributed by atoms with Crippen LogP contribution in [0.1, 0.15) is 30.0 Å². The molecule has 0 saturated carbocycles. The summed E-state index contributed by atoms with van der Waals surface area (Å²) >= 11 is 0. The molecule has 2 aromatic rings. The highest BCUT2D eigenvalue weighted by Gasteiger charge is 2.04. The van der Waals surface area contributed by atoms with Crippen molar-refractivity contribution in [2.75, 3.05) is 6.54 Å². The summed E-state index contributed by atoms with van der Waals surface area (Å²) in [5.74, 6) is -0.00586. The van der Waals surface area contributed by atoms with Crippen LogP contribution >= 0.6 is 0 Å². The van der Waals surface area contributed by atoms with Gasteiger partial charge in [0.15, 0.2) is 0 Å². The van der Waals surface area contributed by atoms with Gasteiger partial charge in [0, 0.05) is 19.6 Å². The van der Waals surface area contributed by atoms with Gasteiger partial charge in [-0.3, -0.25) is 4.79 Å². The molecule has 0 radical (unpaired) electrons. The molecule has 2 rings (SSSR count). The van der Waals surface area contributed by atoms with E-state index < -0.39 is 0 Å². The molecule has 5 heteroatoms. The summed E-state index contributed by atoms with van der Waals surface area (Å²) in [5, 5.41) is 8.52. The Bertz CT molecular complexity index is 686. The number of nitrogens with one attached hydrogen (secondary N) is 3. The maximum atomic E-state index is 12.0.